The fraction of sp³-hybridized carbons (Fsp3) is 0.294. The van der Waals surface area contributed by atoms with Gasteiger partial charge in [0.2, 0.25) is 0 Å². The molecule has 2 aromatic rings. The molecule has 0 unspecified atom stereocenters. The van der Waals surface area contributed by atoms with Gasteiger partial charge in [0.15, 0.2) is 0 Å². The Kier molecular flexibility index (Phi) is 4.63. The van der Waals surface area contributed by atoms with Crippen LogP contribution in [-0.2, 0) is 22.9 Å². The number of nitro groups is 1. The SMILES string of the molecule is COc1ccc([N+](=O)[O-])cc1S(=O)(=O)Nc1cccc2c1CCCC2. The summed E-state index contributed by atoms with van der Waals surface area (Å²) in [4.78, 5) is 10.1. The number of hydrogen-bond donors (Lipinski definition) is 1. The molecule has 0 heterocycles. The van der Waals surface area contributed by atoms with Gasteiger partial charge in [-0.05, 0) is 48.9 Å². The van der Waals surface area contributed by atoms with Crippen molar-refractivity contribution >= 4 is 21.4 Å². The minimum atomic E-state index is -4.03. The number of benzene rings is 2. The van der Waals surface area contributed by atoms with E-state index in [2.05, 4.69) is 4.72 Å². The molecule has 25 heavy (non-hydrogen) atoms. The molecule has 0 spiro atoms. The van der Waals surface area contributed by atoms with Crippen molar-refractivity contribution in [2.75, 3.05) is 11.8 Å². The molecule has 0 amide bonds. The van der Waals surface area contributed by atoms with Crippen molar-refractivity contribution in [3.63, 3.8) is 0 Å². The average molecular weight is 362 g/mol. The van der Waals surface area contributed by atoms with E-state index in [4.69, 9.17) is 4.74 Å². The lowest BCUT2D eigenvalue weighted by Gasteiger charge is -2.20. The Morgan fingerprint density at radius 3 is 2.64 bits per heavy atom. The normalized spacial score (nSPS) is 13.8. The molecule has 0 atom stereocenters. The van der Waals surface area contributed by atoms with Gasteiger partial charge in [0, 0.05) is 12.1 Å². The maximum Gasteiger partial charge on any atom is 0.271 e. The molecule has 0 fully saturated rings. The van der Waals surface area contributed by atoms with Crippen LogP contribution in [0, 0.1) is 10.1 Å². The number of fused-ring (bicyclic) bond motifs is 1. The lowest BCUT2D eigenvalue weighted by Crippen LogP contribution is -2.17. The van der Waals surface area contributed by atoms with Gasteiger partial charge in [0.1, 0.15) is 10.6 Å². The third-order valence-electron chi connectivity index (χ3n) is 4.29. The Morgan fingerprint density at radius 1 is 1.16 bits per heavy atom. The Morgan fingerprint density at radius 2 is 1.92 bits per heavy atom. The molecule has 3 rings (SSSR count). The molecule has 1 aliphatic rings. The van der Waals surface area contributed by atoms with E-state index in [0.29, 0.717) is 5.69 Å². The molecule has 2 aromatic carbocycles. The van der Waals surface area contributed by atoms with Crippen LogP contribution in [0.3, 0.4) is 0 Å². The number of non-ortho nitro benzene ring substituents is 1. The van der Waals surface area contributed by atoms with Crippen molar-refractivity contribution in [2.24, 2.45) is 0 Å². The van der Waals surface area contributed by atoms with Crippen molar-refractivity contribution < 1.29 is 18.1 Å². The molecule has 132 valence electrons. The highest BCUT2D eigenvalue weighted by Crippen LogP contribution is 2.33. The Hall–Kier alpha value is -2.61. The average Bonchev–Trinajstić information content (AvgIpc) is 2.61. The molecule has 0 radical (unpaired) electrons. The predicted octanol–water partition coefficient (Wildman–Crippen LogP) is 3.28. The van der Waals surface area contributed by atoms with Crippen LogP contribution in [-0.4, -0.2) is 20.5 Å². The van der Waals surface area contributed by atoms with Gasteiger partial charge >= 0.3 is 0 Å². The molecule has 0 aliphatic heterocycles. The molecule has 0 saturated heterocycles. The van der Waals surface area contributed by atoms with E-state index in [0.717, 1.165) is 42.9 Å². The number of ether oxygens (including phenoxy) is 1. The van der Waals surface area contributed by atoms with Crippen LogP contribution in [0.5, 0.6) is 5.75 Å². The Labute approximate surface area is 145 Å². The zero-order chi connectivity index (χ0) is 18.0. The van der Waals surface area contributed by atoms with Crippen molar-refractivity contribution in [1.82, 2.24) is 0 Å². The van der Waals surface area contributed by atoms with Gasteiger partial charge in [-0.2, -0.15) is 0 Å². The number of nitrogens with zero attached hydrogens (tertiary/aromatic N) is 1. The van der Waals surface area contributed by atoms with Gasteiger partial charge in [-0.3, -0.25) is 14.8 Å². The first-order chi connectivity index (χ1) is 11.9. The van der Waals surface area contributed by atoms with Gasteiger partial charge in [0.05, 0.1) is 17.7 Å². The summed E-state index contributed by atoms with van der Waals surface area (Å²) in [5, 5.41) is 11.0. The Balaban J connectivity index is 2.03. The lowest BCUT2D eigenvalue weighted by atomic mass is 9.91. The van der Waals surface area contributed by atoms with Gasteiger partial charge in [0.25, 0.3) is 15.7 Å². The van der Waals surface area contributed by atoms with Gasteiger partial charge in [-0.1, -0.05) is 12.1 Å². The number of anilines is 1. The minimum Gasteiger partial charge on any atom is -0.495 e. The summed E-state index contributed by atoms with van der Waals surface area (Å²) < 4.78 is 33.3. The zero-order valence-corrected chi connectivity index (χ0v) is 14.5. The summed E-state index contributed by atoms with van der Waals surface area (Å²) in [7, 11) is -2.70. The van der Waals surface area contributed by atoms with Crippen LogP contribution < -0.4 is 9.46 Å². The van der Waals surface area contributed by atoms with Crippen molar-refractivity contribution in [3.8, 4) is 5.75 Å². The van der Waals surface area contributed by atoms with E-state index >= 15 is 0 Å². The van der Waals surface area contributed by atoms with E-state index in [9.17, 15) is 18.5 Å². The zero-order valence-electron chi connectivity index (χ0n) is 13.7. The number of nitrogens with one attached hydrogen (secondary N) is 1. The topological polar surface area (TPSA) is 98.5 Å². The molecule has 1 N–H and O–H groups in total. The maximum absolute atomic E-state index is 12.8. The largest absolute Gasteiger partial charge is 0.495 e. The second-order valence-corrected chi connectivity index (χ2v) is 7.50. The number of hydrogen-bond acceptors (Lipinski definition) is 5. The summed E-state index contributed by atoms with van der Waals surface area (Å²) in [5.41, 5.74) is 2.33. The van der Waals surface area contributed by atoms with Crippen LogP contribution in [0.15, 0.2) is 41.3 Å². The van der Waals surface area contributed by atoms with E-state index in [-0.39, 0.29) is 16.3 Å². The standard InChI is InChI=1S/C17H18N2O5S/c1-24-16-10-9-13(19(20)21)11-17(16)25(22,23)18-15-8-4-6-12-5-2-3-7-14(12)15/h4,6,8-11,18H,2-3,5,7H2,1H3. The first-order valence-corrected chi connectivity index (χ1v) is 9.37. The summed E-state index contributed by atoms with van der Waals surface area (Å²) in [6.45, 7) is 0. The summed E-state index contributed by atoms with van der Waals surface area (Å²) in [5.74, 6) is 0.0582. The minimum absolute atomic E-state index is 0.0582. The molecule has 0 bridgehead atoms. The Bertz CT molecular complexity index is 925. The van der Waals surface area contributed by atoms with Crippen LogP contribution in [0.2, 0.25) is 0 Å². The van der Waals surface area contributed by atoms with E-state index < -0.39 is 14.9 Å². The van der Waals surface area contributed by atoms with E-state index in [1.165, 1.54) is 19.2 Å². The highest BCUT2D eigenvalue weighted by atomic mass is 32.2. The second kappa shape index (κ2) is 6.72. The second-order valence-electron chi connectivity index (χ2n) is 5.85. The van der Waals surface area contributed by atoms with Crippen LogP contribution in [0.1, 0.15) is 24.0 Å². The molecule has 0 aromatic heterocycles. The number of aryl methyl sites for hydroxylation is 1. The van der Waals surface area contributed by atoms with E-state index in [1.54, 1.807) is 6.07 Å². The van der Waals surface area contributed by atoms with Crippen molar-refractivity contribution in [2.45, 2.75) is 30.6 Å². The molecule has 8 heteroatoms. The molecule has 0 saturated carbocycles. The molecular formula is C17H18N2O5S. The van der Waals surface area contributed by atoms with Gasteiger partial charge in [-0.15, -0.1) is 0 Å². The number of rotatable bonds is 5. The van der Waals surface area contributed by atoms with Crippen LogP contribution in [0.25, 0.3) is 0 Å². The third kappa shape index (κ3) is 3.43. The first-order valence-electron chi connectivity index (χ1n) is 7.88. The summed E-state index contributed by atoms with van der Waals surface area (Å²) >= 11 is 0. The van der Waals surface area contributed by atoms with Gasteiger partial charge in [-0.25, -0.2) is 8.42 Å². The van der Waals surface area contributed by atoms with Crippen LogP contribution >= 0.6 is 0 Å². The molecule has 7 nitrogen and oxygen atoms in total. The fourth-order valence-electron chi connectivity index (χ4n) is 3.07. The first kappa shape index (κ1) is 17.2. The highest BCUT2D eigenvalue weighted by molar-refractivity contribution is 7.92. The molecule has 1 aliphatic carbocycles. The fourth-order valence-corrected chi connectivity index (χ4v) is 4.35. The highest BCUT2D eigenvalue weighted by Gasteiger charge is 2.25. The quantitative estimate of drug-likeness (QED) is 0.650. The van der Waals surface area contributed by atoms with E-state index in [1.807, 2.05) is 12.1 Å². The third-order valence-corrected chi connectivity index (χ3v) is 5.67. The molecular weight excluding hydrogens is 344 g/mol. The smallest absolute Gasteiger partial charge is 0.271 e. The predicted molar refractivity (Wildman–Crippen MR) is 93.5 cm³/mol. The summed E-state index contributed by atoms with van der Waals surface area (Å²) in [6, 6.07) is 9.03. The maximum atomic E-state index is 12.8. The van der Waals surface area contributed by atoms with Crippen molar-refractivity contribution in [1.29, 1.82) is 0 Å². The lowest BCUT2D eigenvalue weighted by molar-refractivity contribution is -0.385. The van der Waals surface area contributed by atoms with Crippen LogP contribution in [0.4, 0.5) is 11.4 Å². The number of nitro benzene ring substituents is 1. The van der Waals surface area contributed by atoms with Crippen molar-refractivity contribution in [3.05, 3.63) is 57.6 Å². The monoisotopic (exact) mass is 362 g/mol. The number of methoxy groups -OCH3 is 1. The summed E-state index contributed by atoms with van der Waals surface area (Å²) in [6.07, 6.45) is 3.82. The van der Waals surface area contributed by atoms with Gasteiger partial charge < -0.3 is 4.74 Å². The number of sulfonamides is 1.